The lowest BCUT2D eigenvalue weighted by Gasteiger charge is -2.28. The molecule has 0 amide bonds. The molecule has 0 atom stereocenters. The van der Waals surface area contributed by atoms with E-state index in [2.05, 4.69) is 20.9 Å². The monoisotopic (exact) mass is 403 g/mol. The average molecular weight is 403 g/mol. The minimum absolute atomic E-state index is 0.0760. The molecule has 30 heavy (non-hydrogen) atoms. The van der Waals surface area contributed by atoms with Gasteiger partial charge in [-0.3, -0.25) is 9.69 Å². The Bertz CT molecular complexity index is 1110. The summed E-state index contributed by atoms with van der Waals surface area (Å²) in [6, 6.07) is 11.4. The van der Waals surface area contributed by atoms with Crippen LogP contribution in [-0.2, 0) is 19.5 Å². The van der Waals surface area contributed by atoms with E-state index in [0.717, 1.165) is 42.0 Å². The molecule has 0 radical (unpaired) electrons. The number of aromatic nitrogens is 3. The molecule has 3 aromatic rings. The van der Waals surface area contributed by atoms with Crippen LogP contribution in [0.2, 0.25) is 0 Å². The van der Waals surface area contributed by atoms with Gasteiger partial charge in [-0.15, -0.1) is 0 Å². The third-order valence-corrected chi connectivity index (χ3v) is 5.73. The van der Waals surface area contributed by atoms with Crippen LogP contribution in [0.1, 0.15) is 29.7 Å². The molecule has 7 heteroatoms. The van der Waals surface area contributed by atoms with E-state index in [4.69, 9.17) is 15.5 Å². The van der Waals surface area contributed by atoms with Crippen molar-refractivity contribution < 1.29 is 4.74 Å². The second-order valence-corrected chi connectivity index (χ2v) is 8.14. The number of nitrogens with zero attached hydrogens (tertiary/aromatic N) is 3. The summed E-state index contributed by atoms with van der Waals surface area (Å²) in [6.45, 7) is 2.84. The summed E-state index contributed by atoms with van der Waals surface area (Å²) >= 11 is 0. The van der Waals surface area contributed by atoms with Gasteiger partial charge in [0.2, 0.25) is 5.88 Å². The Morgan fingerprint density at radius 1 is 1.20 bits per heavy atom. The molecule has 1 aliphatic carbocycles. The summed E-state index contributed by atoms with van der Waals surface area (Å²) in [5.74, 6) is 1.98. The largest absolute Gasteiger partial charge is 0.477 e. The standard InChI is InChI=1S/C23H25N5O2/c24-18-7-5-16(6-8-18)21-26-20-9-11-28(13-19(20)22(29)27-21)12-17-2-1-10-25-23(17)30-14-15-3-4-15/h1-2,5-8,10,15H,3-4,9,11-14,24H2,(H,26,27,29). The van der Waals surface area contributed by atoms with Gasteiger partial charge in [0.15, 0.2) is 0 Å². The molecule has 0 saturated heterocycles. The zero-order valence-corrected chi connectivity index (χ0v) is 16.8. The van der Waals surface area contributed by atoms with E-state index in [1.807, 2.05) is 30.3 Å². The minimum atomic E-state index is -0.0760. The van der Waals surface area contributed by atoms with Gasteiger partial charge in [0.25, 0.3) is 5.56 Å². The maximum atomic E-state index is 12.8. The molecule has 1 aromatic carbocycles. The third-order valence-electron chi connectivity index (χ3n) is 5.73. The van der Waals surface area contributed by atoms with Crippen molar-refractivity contribution >= 4 is 5.69 Å². The van der Waals surface area contributed by atoms with Crippen LogP contribution in [0.25, 0.3) is 11.4 Å². The van der Waals surface area contributed by atoms with E-state index in [1.54, 1.807) is 6.20 Å². The number of pyridine rings is 1. The van der Waals surface area contributed by atoms with Crippen LogP contribution in [0.5, 0.6) is 5.88 Å². The Labute approximate surface area is 174 Å². The SMILES string of the molecule is Nc1ccc(-c2nc3c(c(=O)[nH]2)CN(Cc2cccnc2OCC2CC2)CC3)cc1. The van der Waals surface area contributed by atoms with Crippen molar-refractivity contribution in [3.63, 3.8) is 0 Å². The van der Waals surface area contributed by atoms with Gasteiger partial charge in [-0.1, -0.05) is 6.07 Å². The second kappa shape index (κ2) is 7.91. The number of benzene rings is 1. The number of fused-ring (bicyclic) bond motifs is 1. The highest BCUT2D eigenvalue weighted by atomic mass is 16.5. The highest BCUT2D eigenvalue weighted by molar-refractivity contribution is 5.58. The molecule has 3 heterocycles. The maximum Gasteiger partial charge on any atom is 0.255 e. The Morgan fingerprint density at radius 2 is 2.03 bits per heavy atom. The number of nitrogen functional groups attached to an aromatic ring is 1. The lowest BCUT2D eigenvalue weighted by Crippen LogP contribution is -2.35. The molecule has 2 aromatic heterocycles. The highest BCUT2D eigenvalue weighted by Crippen LogP contribution is 2.30. The van der Waals surface area contributed by atoms with Crippen molar-refractivity contribution in [2.45, 2.75) is 32.4 Å². The number of aromatic amines is 1. The Kier molecular flexibility index (Phi) is 4.96. The molecule has 1 saturated carbocycles. The van der Waals surface area contributed by atoms with E-state index in [9.17, 15) is 4.79 Å². The van der Waals surface area contributed by atoms with Crippen LogP contribution in [0.3, 0.4) is 0 Å². The van der Waals surface area contributed by atoms with Gasteiger partial charge < -0.3 is 15.5 Å². The molecule has 154 valence electrons. The molecule has 2 aliphatic rings. The molecule has 0 unspecified atom stereocenters. The molecular weight excluding hydrogens is 378 g/mol. The van der Waals surface area contributed by atoms with Gasteiger partial charge in [0.05, 0.1) is 17.9 Å². The topological polar surface area (TPSA) is 97.1 Å². The van der Waals surface area contributed by atoms with Crippen LogP contribution in [-0.4, -0.2) is 33.0 Å². The van der Waals surface area contributed by atoms with Crippen molar-refractivity contribution in [1.82, 2.24) is 19.9 Å². The predicted octanol–water partition coefficient (Wildman–Crippen LogP) is 2.76. The molecule has 0 bridgehead atoms. The smallest absolute Gasteiger partial charge is 0.255 e. The Hall–Kier alpha value is -3.19. The summed E-state index contributed by atoms with van der Waals surface area (Å²) in [5, 5.41) is 0. The number of nitrogens with two attached hydrogens (primary N) is 1. The number of hydrogen-bond acceptors (Lipinski definition) is 6. The van der Waals surface area contributed by atoms with E-state index in [-0.39, 0.29) is 5.56 Å². The summed E-state index contributed by atoms with van der Waals surface area (Å²) in [4.78, 5) is 27.1. The number of hydrogen-bond donors (Lipinski definition) is 2. The van der Waals surface area contributed by atoms with E-state index in [0.29, 0.717) is 36.4 Å². The van der Waals surface area contributed by atoms with Gasteiger partial charge in [-0.2, -0.15) is 0 Å². The first-order chi connectivity index (χ1) is 14.7. The molecule has 0 spiro atoms. The highest BCUT2D eigenvalue weighted by Gasteiger charge is 2.24. The average Bonchev–Trinajstić information content (AvgIpc) is 3.58. The Morgan fingerprint density at radius 3 is 2.83 bits per heavy atom. The lowest BCUT2D eigenvalue weighted by molar-refractivity contribution is 0.230. The predicted molar refractivity (Wildman–Crippen MR) is 115 cm³/mol. The van der Waals surface area contributed by atoms with Crippen LogP contribution in [0.15, 0.2) is 47.4 Å². The van der Waals surface area contributed by atoms with Crippen molar-refractivity contribution in [2.75, 3.05) is 18.9 Å². The fourth-order valence-electron chi connectivity index (χ4n) is 3.79. The molecule has 1 fully saturated rings. The lowest BCUT2D eigenvalue weighted by atomic mass is 10.1. The molecular formula is C23H25N5O2. The number of ether oxygens (including phenoxy) is 1. The molecule has 7 nitrogen and oxygen atoms in total. The first-order valence-electron chi connectivity index (χ1n) is 10.4. The van der Waals surface area contributed by atoms with Gasteiger partial charge >= 0.3 is 0 Å². The van der Waals surface area contributed by atoms with Crippen LogP contribution < -0.4 is 16.0 Å². The maximum absolute atomic E-state index is 12.8. The third kappa shape index (κ3) is 4.07. The molecule has 5 rings (SSSR count). The Balaban J connectivity index is 1.33. The fourth-order valence-corrected chi connectivity index (χ4v) is 3.79. The van der Waals surface area contributed by atoms with Gasteiger partial charge in [0.1, 0.15) is 5.82 Å². The summed E-state index contributed by atoms with van der Waals surface area (Å²) in [5.41, 5.74) is 9.90. The van der Waals surface area contributed by atoms with E-state index in [1.165, 1.54) is 12.8 Å². The van der Waals surface area contributed by atoms with Crippen LogP contribution >= 0.6 is 0 Å². The number of H-pyrrole nitrogens is 1. The summed E-state index contributed by atoms with van der Waals surface area (Å²) < 4.78 is 5.94. The van der Waals surface area contributed by atoms with E-state index < -0.39 is 0 Å². The zero-order chi connectivity index (χ0) is 20.5. The summed E-state index contributed by atoms with van der Waals surface area (Å²) in [6.07, 6.45) is 5.00. The number of rotatable bonds is 6. The van der Waals surface area contributed by atoms with Gasteiger partial charge in [-0.05, 0) is 49.1 Å². The number of nitrogens with one attached hydrogen (secondary N) is 1. The van der Waals surface area contributed by atoms with Crippen molar-refractivity contribution in [2.24, 2.45) is 5.92 Å². The van der Waals surface area contributed by atoms with Crippen LogP contribution in [0.4, 0.5) is 5.69 Å². The quantitative estimate of drug-likeness (QED) is 0.614. The summed E-state index contributed by atoms with van der Waals surface area (Å²) in [7, 11) is 0. The first-order valence-corrected chi connectivity index (χ1v) is 10.4. The van der Waals surface area contributed by atoms with Crippen molar-refractivity contribution in [3.8, 4) is 17.3 Å². The normalized spacial score (nSPS) is 16.3. The first kappa shape index (κ1) is 18.8. The zero-order valence-electron chi connectivity index (χ0n) is 16.8. The fraction of sp³-hybridized carbons (Fsp3) is 0.348. The van der Waals surface area contributed by atoms with Crippen molar-refractivity contribution in [1.29, 1.82) is 0 Å². The van der Waals surface area contributed by atoms with E-state index >= 15 is 0 Å². The van der Waals surface area contributed by atoms with Crippen molar-refractivity contribution in [3.05, 3.63) is 69.8 Å². The number of anilines is 1. The second-order valence-electron chi connectivity index (χ2n) is 8.14. The van der Waals surface area contributed by atoms with Gasteiger partial charge in [-0.25, -0.2) is 9.97 Å². The molecule has 1 aliphatic heterocycles. The van der Waals surface area contributed by atoms with Gasteiger partial charge in [0, 0.05) is 49.1 Å². The minimum Gasteiger partial charge on any atom is -0.477 e. The van der Waals surface area contributed by atoms with Crippen LogP contribution in [0, 0.1) is 5.92 Å². The molecule has 3 N–H and O–H groups in total.